The Labute approximate surface area is 211 Å². The molecular formula is C25H22N4O6S. The van der Waals surface area contributed by atoms with E-state index in [0.717, 1.165) is 18.1 Å². The molecule has 0 atom stereocenters. The number of nitro benzene ring substituents is 1. The number of anilines is 1. The third-order valence-electron chi connectivity index (χ3n) is 5.29. The maximum Gasteiger partial charge on any atom is 0.311 e. The van der Waals surface area contributed by atoms with Crippen LogP contribution in [0.2, 0.25) is 0 Å². The number of phenolic OH excluding ortho intramolecular Hbond substituents is 1. The molecule has 0 unspecified atom stereocenters. The summed E-state index contributed by atoms with van der Waals surface area (Å²) in [4.78, 5) is 27.7. The Kier molecular flexibility index (Phi) is 7.11. The van der Waals surface area contributed by atoms with Crippen molar-refractivity contribution in [1.29, 1.82) is 0 Å². The second kappa shape index (κ2) is 10.4. The molecule has 0 aliphatic rings. The molecule has 0 aliphatic carbocycles. The van der Waals surface area contributed by atoms with Gasteiger partial charge in [-0.05, 0) is 67.5 Å². The van der Waals surface area contributed by atoms with Crippen molar-refractivity contribution in [2.45, 2.75) is 20.3 Å². The molecule has 0 saturated heterocycles. The first-order chi connectivity index (χ1) is 17.3. The molecule has 3 N–H and O–H groups in total. The first-order valence-corrected chi connectivity index (χ1v) is 11.5. The molecule has 4 rings (SSSR count). The van der Waals surface area contributed by atoms with E-state index in [2.05, 4.69) is 22.5 Å². The molecule has 36 heavy (non-hydrogen) atoms. The molecule has 0 saturated carbocycles. The number of amides is 1. The Morgan fingerprint density at radius 2 is 1.97 bits per heavy atom. The summed E-state index contributed by atoms with van der Waals surface area (Å²) in [5, 5.41) is 27.1. The number of nitrogens with zero attached hydrogens (tertiary/aromatic N) is 2. The van der Waals surface area contributed by atoms with Gasteiger partial charge in [0.15, 0.2) is 16.4 Å². The minimum atomic E-state index is -0.641. The standard InChI is InChI=1S/C25H22N4O6S/c1-3-14-5-9-21-18(11-14)27-24(35-21)17-8-7-16(13-20(17)30)26-25(36)28-23(31)15-6-10-22(34-4-2)19(12-15)29(32)33/h5-13,30H,3-4H2,1-2H3,(H2,26,28,31,36). The maximum absolute atomic E-state index is 12.6. The Balaban J connectivity index is 1.46. The van der Waals surface area contributed by atoms with Gasteiger partial charge >= 0.3 is 5.69 Å². The van der Waals surface area contributed by atoms with Gasteiger partial charge in [-0.3, -0.25) is 20.2 Å². The number of aromatic hydroxyl groups is 1. The van der Waals surface area contributed by atoms with Gasteiger partial charge in [0.2, 0.25) is 5.89 Å². The fraction of sp³-hybridized carbons (Fsp3) is 0.160. The van der Waals surface area contributed by atoms with Gasteiger partial charge in [0.1, 0.15) is 11.3 Å². The zero-order chi connectivity index (χ0) is 25.8. The summed E-state index contributed by atoms with van der Waals surface area (Å²) < 4.78 is 11.0. The van der Waals surface area contributed by atoms with Gasteiger partial charge in [-0.25, -0.2) is 4.98 Å². The van der Waals surface area contributed by atoms with E-state index in [-0.39, 0.29) is 40.4 Å². The summed E-state index contributed by atoms with van der Waals surface area (Å²) >= 11 is 5.19. The van der Waals surface area contributed by atoms with Gasteiger partial charge in [-0.15, -0.1) is 0 Å². The Morgan fingerprint density at radius 3 is 2.67 bits per heavy atom. The van der Waals surface area contributed by atoms with Gasteiger partial charge < -0.3 is 19.6 Å². The molecule has 3 aromatic carbocycles. The fourth-order valence-corrected chi connectivity index (χ4v) is 3.73. The minimum Gasteiger partial charge on any atom is -0.507 e. The Morgan fingerprint density at radius 1 is 1.17 bits per heavy atom. The smallest absolute Gasteiger partial charge is 0.311 e. The SMILES string of the molecule is CCOc1ccc(C(=O)NC(=S)Nc2ccc(-c3nc4cc(CC)ccc4o3)c(O)c2)cc1[N+](=O)[O-]. The number of nitrogens with one attached hydrogen (secondary N) is 2. The van der Waals surface area contributed by atoms with E-state index >= 15 is 0 Å². The van der Waals surface area contributed by atoms with Crippen molar-refractivity contribution in [2.75, 3.05) is 11.9 Å². The average Bonchev–Trinajstić information content (AvgIpc) is 3.27. The highest BCUT2D eigenvalue weighted by Crippen LogP contribution is 2.33. The van der Waals surface area contributed by atoms with Crippen molar-refractivity contribution < 1.29 is 24.0 Å². The van der Waals surface area contributed by atoms with Crippen LogP contribution in [-0.4, -0.2) is 32.6 Å². The summed E-state index contributed by atoms with van der Waals surface area (Å²) in [5.41, 5.74) is 2.95. The number of carbonyl (C=O) groups excluding carboxylic acids is 1. The molecule has 1 heterocycles. The van der Waals surface area contributed by atoms with Gasteiger partial charge in [-0.2, -0.15) is 0 Å². The molecule has 1 aromatic heterocycles. The number of phenols is 1. The minimum absolute atomic E-state index is 0.0367. The molecule has 0 spiro atoms. The van der Waals surface area contributed by atoms with E-state index in [9.17, 15) is 20.0 Å². The van der Waals surface area contributed by atoms with Crippen LogP contribution in [0.25, 0.3) is 22.6 Å². The molecule has 1 amide bonds. The molecular weight excluding hydrogens is 484 g/mol. The molecule has 0 aliphatic heterocycles. The number of benzene rings is 3. The predicted molar refractivity (Wildman–Crippen MR) is 138 cm³/mol. The molecule has 184 valence electrons. The second-order valence-electron chi connectivity index (χ2n) is 7.69. The topological polar surface area (TPSA) is 140 Å². The quantitative estimate of drug-likeness (QED) is 0.175. The number of aryl methyl sites for hydroxylation is 1. The summed E-state index contributed by atoms with van der Waals surface area (Å²) in [6.07, 6.45) is 0.871. The Hall–Kier alpha value is -4.51. The summed E-state index contributed by atoms with van der Waals surface area (Å²) in [5.74, 6) is -0.397. The van der Waals surface area contributed by atoms with Gasteiger partial charge in [0.25, 0.3) is 5.91 Å². The van der Waals surface area contributed by atoms with Crippen LogP contribution in [-0.2, 0) is 6.42 Å². The first kappa shape index (κ1) is 24.6. The predicted octanol–water partition coefficient (Wildman–Crippen LogP) is 5.20. The number of oxazole rings is 1. The van der Waals surface area contributed by atoms with Crippen molar-refractivity contribution in [3.63, 3.8) is 0 Å². The van der Waals surface area contributed by atoms with Crippen LogP contribution in [0.5, 0.6) is 11.5 Å². The van der Waals surface area contributed by atoms with Crippen LogP contribution in [0.15, 0.2) is 59.0 Å². The van der Waals surface area contributed by atoms with Crippen molar-refractivity contribution in [2.24, 2.45) is 0 Å². The van der Waals surface area contributed by atoms with Crippen molar-refractivity contribution >= 4 is 45.7 Å². The van der Waals surface area contributed by atoms with Crippen LogP contribution >= 0.6 is 12.2 Å². The molecule has 4 aromatic rings. The molecule has 0 bridgehead atoms. The van der Waals surface area contributed by atoms with Crippen LogP contribution in [0, 0.1) is 10.1 Å². The number of carbonyl (C=O) groups is 1. The molecule has 0 radical (unpaired) electrons. The fourth-order valence-electron chi connectivity index (χ4n) is 3.51. The number of thiocarbonyl (C=S) groups is 1. The largest absolute Gasteiger partial charge is 0.507 e. The highest BCUT2D eigenvalue weighted by atomic mass is 32.1. The maximum atomic E-state index is 12.6. The number of rotatable bonds is 7. The number of hydrogen-bond donors (Lipinski definition) is 3. The van der Waals surface area contributed by atoms with Crippen molar-refractivity contribution in [3.05, 3.63) is 75.8 Å². The lowest BCUT2D eigenvalue weighted by atomic mass is 10.1. The number of ether oxygens (including phenoxy) is 1. The highest BCUT2D eigenvalue weighted by molar-refractivity contribution is 7.80. The zero-order valence-corrected chi connectivity index (χ0v) is 20.2. The second-order valence-corrected chi connectivity index (χ2v) is 8.10. The lowest BCUT2D eigenvalue weighted by molar-refractivity contribution is -0.385. The first-order valence-electron chi connectivity index (χ1n) is 11.1. The molecule has 10 nitrogen and oxygen atoms in total. The van der Waals surface area contributed by atoms with E-state index in [0.29, 0.717) is 22.4 Å². The van der Waals surface area contributed by atoms with E-state index in [1.165, 1.54) is 18.2 Å². The van der Waals surface area contributed by atoms with Crippen LogP contribution in [0.3, 0.4) is 0 Å². The molecule has 11 heteroatoms. The molecule has 0 fully saturated rings. The summed E-state index contributed by atoms with van der Waals surface area (Å²) in [7, 11) is 0. The van der Waals surface area contributed by atoms with Gasteiger partial charge in [-0.1, -0.05) is 13.0 Å². The van der Waals surface area contributed by atoms with Crippen molar-refractivity contribution in [1.82, 2.24) is 10.3 Å². The Bertz CT molecular complexity index is 1480. The zero-order valence-electron chi connectivity index (χ0n) is 19.4. The highest BCUT2D eigenvalue weighted by Gasteiger charge is 2.19. The van der Waals surface area contributed by atoms with E-state index in [1.54, 1.807) is 19.1 Å². The van der Waals surface area contributed by atoms with Crippen LogP contribution < -0.4 is 15.4 Å². The van der Waals surface area contributed by atoms with Crippen molar-refractivity contribution in [3.8, 4) is 23.0 Å². The number of hydrogen-bond acceptors (Lipinski definition) is 8. The van der Waals surface area contributed by atoms with Gasteiger partial charge in [0.05, 0.1) is 17.1 Å². The lowest BCUT2D eigenvalue weighted by Crippen LogP contribution is -2.34. The third kappa shape index (κ3) is 5.26. The normalized spacial score (nSPS) is 10.7. The lowest BCUT2D eigenvalue weighted by Gasteiger charge is -2.11. The summed E-state index contributed by atoms with van der Waals surface area (Å²) in [6.45, 7) is 4.00. The number of aromatic nitrogens is 1. The number of fused-ring (bicyclic) bond motifs is 1. The third-order valence-corrected chi connectivity index (χ3v) is 5.50. The average molecular weight is 507 g/mol. The number of nitro groups is 1. The van der Waals surface area contributed by atoms with E-state index in [4.69, 9.17) is 21.4 Å². The monoisotopic (exact) mass is 506 g/mol. The van der Waals surface area contributed by atoms with Crippen LogP contribution in [0.1, 0.15) is 29.8 Å². The summed E-state index contributed by atoms with van der Waals surface area (Å²) in [6, 6.07) is 14.3. The van der Waals surface area contributed by atoms with Crippen LogP contribution in [0.4, 0.5) is 11.4 Å². The van der Waals surface area contributed by atoms with E-state index < -0.39 is 10.8 Å². The van der Waals surface area contributed by atoms with Gasteiger partial charge in [0, 0.05) is 23.4 Å². The van der Waals surface area contributed by atoms with E-state index in [1.807, 2.05) is 18.2 Å².